The van der Waals surface area contributed by atoms with Crippen molar-refractivity contribution in [3.8, 4) is 17.5 Å². The van der Waals surface area contributed by atoms with Gasteiger partial charge >= 0.3 is 0 Å². The Bertz CT molecular complexity index is 982. The zero-order valence-corrected chi connectivity index (χ0v) is 15.3. The number of halogens is 1. The highest BCUT2D eigenvalue weighted by atomic mass is 35.5. The molecular formula is C18H14ClN3O3S. The molecule has 1 unspecified atom stereocenters. The minimum atomic E-state index is -1.37. The van der Waals surface area contributed by atoms with Crippen LogP contribution >= 0.6 is 11.6 Å². The van der Waals surface area contributed by atoms with Gasteiger partial charge in [0.15, 0.2) is 11.0 Å². The molecule has 0 amide bonds. The maximum atomic E-state index is 12.8. The summed E-state index contributed by atoms with van der Waals surface area (Å²) in [6, 6.07) is 16.1. The van der Waals surface area contributed by atoms with Crippen LogP contribution in [0.15, 0.2) is 59.5 Å². The third kappa shape index (κ3) is 3.23. The topological polar surface area (TPSA) is 64.6 Å². The van der Waals surface area contributed by atoms with Crippen LogP contribution in [-0.4, -0.2) is 21.3 Å². The largest absolute Gasteiger partial charge is 0.481 e. The van der Waals surface area contributed by atoms with Crippen LogP contribution in [0.25, 0.3) is 0 Å². The number of fused-ring (bicyclic) bond motifs is 1. The molecule has 8 heteroatoms. The Morgan fingerprint density at radius 2 is 1.81 bits per heavy atom. The summed E-state index contributed by atoms with van der Waals surface area (Å²) < 4.78 is 25.4. The van der Waals surface area contributed by atoms with E-state index in [1.165, 1.54) is 7.11 Å². The van der Waals surface area contributed by atoms with Crippen molar-refractivity contribution in [2.75, 3.05) is 11.4 Å². The van der Waals surface area contributed by atoms with Gasteiger partial charge in [-0.15, -0.1) is 0 Å². The van der Waals surface area contributed by atoms with E-state index < -0.39 is 11.0 Å². The average Bonchev–Trinajstić information content (AvgIpc) is 3.00. The summed E-state index contributed by atoms with van der Waals surface area (Å²) in [5.74, 6) is 1.48. The Morgan fingerprint density at radius 3 is 2.54 bits per heavy atom. The Kier molecular flexibility index (Phi) is 4.48. The second-order valence-electron chi connectivity index (χ2n) is 5.50. The van der Waals surface area contributed by atoms with E-state index in [1.807, 2.05) is 24.3 Å². The fourth-order valence-corrected chi connectivity index (χ4v) is 3.97. The first-order valence-electron chi connectivity index (χ1n) is 7.78. The van der Waals surface area contributed by atoms with Crippen molar-refractivity contribution in [3.05, 3.63) is 65.2 Å². The van der Waals surface area contributed by atoms with Crippen LogP contribution < -0.4 is 13.8 Å². The zero-order chi connectivity index (χ0) is 18.1. The third-order valence-electron chi connectivity index (χ3n) is 3.81. The lowest BCUT2D eigenvalue weighted by Crippen LogP contribution is -2.21. The molecular weight excluding hydrogens is 374 g/mol. The highest BCUT2D eigenvalue weighted by Gasteiger charge is 2.29. The van der Waals surface area contributed by atoms with E-state index in [0.29, 0.717) is 29.1 Å². The van der Waals surface area contributed by atoms with E-state index in [-0.39, 0.29) is 5.95 Å². The van der Waals surface area contributed by atoms with Crippen molar-refractivity contribution in [1.82, 2.24) is 9.97 Å². The monoisotopic (exact) mass is 387 g/mol. The number of aromatic nitrogens is 2. The number of anilines is 1. The van der Waals surface area contributed by atoms with E-state index in [1.54, 1.807) is 34.6 Å². The lowest BCUT2D eigenvalue weighted by Gasteiger charge is -2.15. The van der Waals surface area contributed by atoms with Crippen molar-refractivity contribution >= 4 is 28.5 Å². The summed E-state index contributed by atoms with van der Waals surface area (Å²) in [6.45, 7) is 0.455. The van der Waals surface area contributed by atoms with Gasteiger partial charge in [-0.1, -0.05) is 29.8 Å². The van der Waals surface area contributed by atoms with Crippen LogP contribution in [0.5, 0.6) is 17.5 Å². The summed E-state index contributed by atoms with van der Waals surface area (Å²) in [4.78, 5) is 9.49. The molecule has 4 rings (SSSR count). The molecule has 0 spiro atoms. The molecule has 1 atom stereocenters. The zero-order valence-electron chi connectivity index (χ0n) is 13.8. The first-order valence-corrected chi connectivity index (χ1v) is 9.26. The summed E-state index contributed by atoms with van der Waals surface area (Å²) in [5, 5.41) is 0.614. The number of rotatable bonds is 4. The maximum Gasteiger partial charge on any atom is 0.244 e. The minimum absolute atomic E-state index is 0.280. The molecule has 3 aromatic rings. The van der Waals surface area contributed by atoms with Crippen molar-refractivity contribution < 1.29 is 13.7 Å². The molecule has 2 heterocycles. The molecule has 2 aromatic carbocycles. The number of hydrogen-bond acceptors (Lipinski definition) is 5. The molecule has 26 heavy (non-hydrogen) atoms. The Labute approximate surface area is 158 Å². The molecule has 0 saturated heterocycles. The highest BCUT2D eigenvalue weighted by Crippen LogP contribution is 2.32. The maximum absolute atomic E-state index is 12.8. The van der Waals surface area contributed by atoms with Crippen LogP contribution in [-0.2, 0) is 17.5 Å². The molecule has 1 aliphatic rings. The summed E-state index contributed by atoms with van der Waals surface area (Å²) in [7, 11) is 0.133. The summed E-state index contributed by atoms with van der Waals surface area (Å²) in [6.07, 6.45) is 0. The van der Waals surface area contributed by atoms with Gasteiger partial charge in [0.1, 0.15) is 5.75 Å². The van der Waals surface area contributed by atoms with Gasteiger partial charge < -0.3 is 9.47 Å². The standard InChI is InChI=1S/C18H14ClN3O3S/c1-24-16-10-17(25-14-8-6-13(19)7-9-14)21-18(20-16)22-11-12-4-2-3-5-15(12)26(22)23/h2-10H,11H2,1H3. The van der Waals surface area contributed by atoms with Gasteiger partial charge in [-0.05, 0) is 35.9 Å². The molecule has 0 N–H and O–H groups in total. The molecule has 1 aromatic heterocycles. The highest BCUT2D eigenvalue weighted by molar-refractivity contribution is 7.86. The van der Waals surface area contributed by atoms with E-state index >= 15 is 0 Å². The predicted molar refractivity (Wildman–Crippen MR) is 99.1 cm³/mol. The fourth-order valence-electron chi connectivity index (χ4n) is 2.57. The van der Waals surface area contributed by atoms with E-state index in [0.717, 1.165) is 10.5 Å². The Balaban J connectivity index is 1.67. The normalized spacial score (nSPS) is 15.6. The van der Waals surface area contributed by atoms with Crippen LogP contribution in [0.3, 0.4) is 0 Å². The SMILES string of the molecule is COc1cc(Oc2ccc(Cl)cc2)nc(N2Cc3ccccc3S2=O)n1. The Hall–Kier alpha value is -2.64. The van der Waals surface area contributed by atoms with E-state index in [4.69, 9.17) is 21.1 Å². The Morgan fingerprint density at radius 1 is 1.08 bits per heavy atom. The number of hydrogen-bond donors (Lipinski definition) is 0. The van der Waals surface area contributed by atoms with Crippen LogP contribution in [0.1, 0.15) is 5.56 Å². The lowest BCUT2D eigenvalue weighted by molar-refractivity contribution is 0.388. The van der Waals surface area contributed by atoms with Crippen molar-refractivity contribution in [3.63, 3.8) is 0 Å². The van der Waals surface area contributed by atoms with Crippen molar-refractivity contribution in [2.45, 2.75) is 11.4 Å². The second-order valence-corrected chi connectivity index (χ2v) is 7.31. The van der Waals surface area contributed by atoms with Crippen LogP contribution in [0, 0.1) is 0 Å². The van der Waals surface area contributed by atoms with Gasteiger partial charge in [-0.3, -0.25) is 4.31 Å². The van der Waals surface area contributed by atoms with Gasteiger partial charge in [0.2, 0.25) is 17.7 Å². The van der Waals surface area contributed by atoms with Gasteiger partial charge in [-0.25, -0.2) is 4.21 Å². The molecule has 6 nitrogen and oxygen atoms in total. The van der Waals surface area contributed by atoms with Gasteiger partial charge in [0, 0.05) is 5.02 Å². The first kappa shape index (κ1) is 16.8. The molecule has 0 saturated carbocycles. The second kappa shape index (κ2) is 6.93. The smallest absolute Gasteiger partial charge is 0.244 e. The third-order valence-corrected chi connectivity index (χ3v) is 5.53. The van der Waals surface area contributed by atoms with Gasteiger partial charge in [0.25, 0.3) is 0 Å². The number of nitrogens with zero attached hydrogens (tertiary/aromatic N) is 3. The van der Waals surface area contributed by atoms with E-state index in [9.17, 15) is 4.21 Å². The number of ether oxygens (including phenoxy) is 2. The van der Waals surface area contributed by atoms with Crippen LogP contribution in [0.2, 0.25) is 5.02 Å². The van der Waals surface area contributed by atoms with Crippen LogP contribution in [0.4, 0.5) is 5.95 Å². The molecule has 0 radical (unpaired) electrons. The summed E-state index contributed by atoms with van der Waals surface area (Å²) in [5.41, 5.74) is 0.984. The molecule has 0 fully saturated rings. The van der Waals surface area contributed by atoms with Gasteiger partial charge in [-0.2, -0.15) is 9.97 Å². The average molecular weight is 388 g/mol. The van der Waals surface area contributed by atoms with Crippen molar-refractivity contribution in [1.29, 1.82) is 0 Å². The molecule has 1 aliphatic heterocycles. The molecule has 0 aliphatic carbocycles. The van der Waals surface area contributed by atoms with Crippen molar-refractivity contribution in [2.24, 2.45) is 0 Å². The molecule has 0 bridgehead atoms. The number of benzene rings is 2. The van der Waals surface area contributed by atoms with Gasteiger partial charge in [0.05, 0.1) is 24.6 Å². The minimum Gasteiger partial charge on any atom is -0.481 e. The summed E-state index contributed by atoms with van der Waals surface area (Å²) >= 11 is 5.89. The quantitative estimate of drug-likeness (QED) is 0.677. The van der Waals surface area contributed by atoms with E-state index in [2.05, 4.69) is 9.97 Å². The lowest BCUT2D eigenvalue weighted by atomic mass is 10.2. The molecule has 132 valence electrons. The first-order chi connectivity index (χ1) is 12.6. The fraction of sp³-hybridized carbons (Fsp3) is 0.111. The predicted octanol–water partition coefficient (Wildman–Crippen LogP) is 3.97. The number of methoxy groups -OCH3 is 1.